The van der Waals surface area contributed by atoms with Crippen LogP contribution in [0.1, 0.15) is 17.8 Å². The number of thiophene rings is 1. The van der Waals surface area contributed by atoms with Gasteiger partial charge in [-0.05, 0) is 12.6 Å². The molecule has 0 aliphatic rings. The summed E-state index contributed by atoms with van der Waals surface area (Å²) in [4.78, 5) is 1.26. The zero-order valence-electron chi connectivity index (χ0n) is 8.87. The van der Waals surface area contributed by atoms with Gasteiger partial charge >= 0.3 is 0 Å². The minimum absolute atomic E-state index is 0.277. The van der Waals surface area contributed by atoms with Gasteiger partial charge in [-0.3, -0.25) is 0 Å². The number of nitrogens with one attached hydrogen (secondary N) is 1. The molecule has 1 atom stereocenters. The standard InChI is InChI=1S/C10H17NO2S/c1-4-11-9(6-12-2)10-5-8(13-3)7-14-10/h5,7,9,11H,4,6H2,1-3H3. The summed E-state index contributed by atoms with van der Waals surface area (Å²) in [6.07, 6.45) is 0. The van der Waals surface area contributed by atoms with Crippen molar-refractivity contribution in [1.29, 1.82) is 0 Å². The first-order valence-corrected chi connectivity index (χ1v) is 5.54. The quantitative estimate of drug-likeness (QED) is 0.788. The van der Waals surface area contributed by atoms with Gasteiger partial charge in [0.2, 0.25) is 0 Å². The van der Waals surface area contributed by atoms with Gasteiger partial charge in [0.15, 0.2) is 0 Å². The Bertz CT molecular complexity index is 256. The molecule has 0 fully saturated rings. The molecule has 1 unspecified atom stereocenters. The highest BCUT2D eigenvalue weighted by atomic mass is 32.1. The number of rotatable bonds is 6. The van der Waals surface area contributed by atoms with E-state index in [1.54, 1.807) is 25.6 Å². The Kier molecular flexibility index (Phi) is 4.93. The predicted molar refractivity (Wildman–Crippen MR) is 59.2 cm³/mol. The van der Waals surface area contributed by atoms with Crippen LogP contribution in [0, 0.1) is 0 Å². The van der Waals surface area contributed by atoms with E-state index >= 15 is 0 Å². The summed E-state index contributed by atoms with van der Waals surface area (Å²) in [5, 5.41) is 5.38. The van der Waals surface area contributed by atoms with Crippen molar-refractivity contribution in [2.24, 2.45) is 0 Å². The van der Waals surface area contributed by atoms with Gasteiger partial charge in [0, 0.05) is 17.4 Å². The average molecular weight is 215 g/mol. The summed E-state index contributed by atoms with van der Waals surface area (Å²) in [5.74, 6) is 0.920. The van der Waals surface area contributed by atoms with Gasteiger partial charge in [0.1, 0.15) is 5.75 Å². The monoisotopic (exact) mass is 215 g/mol. The molecule has 0 saturated carbocycles. The molecule has 1 aromatic rings. The smallest absolute Gasteiger partial charge is 0.129 e. The Hall–Kier alpha value is -0.580. The third-order valence-corrected chi connectivity index (χ3v) is 2.98. The van der Waals surface area contributed by atoms with Crippen LogP contribution in [0.5, 0.6) is 5.75 Å². The highest BCUT2D eigenvalue weighted by Gasteiger charge is 2.12. The third kappa shape index (κ3) is 2.97. The summed E-state index contributed by atoms with van der Waals surface area (Å²) in [6, 6.07) is 2.33. The molecule has 1 aromatic heterocycles. The molecule has 1 heterocycles. The molecule has 0 aromatic carbocycles. The van der Waals surface area contributed by atoms with E-state index in [1.807, 2.05) is 5.38 Å². The van der Waals surface area contributed by atoms with Crippen LogP contribution in [-0.4, -0.2) is 27.4 Å². The van der Waals surface area contributed by atoms with Crippen LogP contribution >= 0.6 is 11.3 Å². The number of likely N-dealkylation sites (N-methyl/N-ethyl adjacent to an activating group) is 1. The summed E-state index contributed by atoms with van der Waals surface area (Å²) in [6.45, 7) is 3.72. The normalized spacial score (nSPS) is 12.8. The lowest BCUT2D eigenvalue weighted by Crippen LogP contribution is -2.23. The first-order chi connectivity index (χ1) is 6.81. The van der Waals surface area contributed by atoms with Gasteiger partial charge < -0.3 is 14.8 Å². The lowest BCUT2D eigenvalue weighted by Gasteiger charge is -2.14. The third-order valence-electron chi connectivity index (χ3n) is 1.96. The maximum atomic E-state index is 5.16. The average Bonchev–Trinajstić information content (AvgIpc) is 2.65. The van der Waals surface area contributed by atoms with Crippen LogP contribution in [0.25, 0.3) is 0 Å². The Morgan fingerprint density at radius 3 is 2.79 bits per heavy atom. The molecule has 3 nitrogen and oxygen atoms in total. The van der Waals surface area contributed by atoms with Crippen molar-refractivity contribution < 1.29 is 9.47 Å². The summed E-state index contributed by atoms with van der Waals surface area (Å²) in [5.41, 5.74) is 0. The molecule has 14 heavy (non-hydrogen) atoms. The van der Waals surface area contributed by atoms with E-state index < -0.39 is 0 Å². The van der Waals surface area contributed by atoms with Crippen molar-refractivity contribution in [3.8, 4) is 5.75 Å². The minimum Gasteiger partial charge on any atom is -0.496 e. The van der Waals surface area contributed by atoms with Crippen LogP contribution in [0.4, 0.5) is 0 Å². The molecular formula is C10H17NO2S. The van der Waals surface area contributed by atoms with Gasteiger partial charge in [0.05, 0.1) is 19.8 Å². The van der Waals surface area contributed by atoms with E-state index in [2.05, 4.69) is 18.3 Å². The molecule has 1 rings (SSSR count). The highest BCUT2D eigenvalue weighted by molar-refractivity contribution is 7.10. The Labute approximate surface area is 89.0 Å². The molecule has 1 N–H and O–H groups in total. The first kappa shape index (κ1) is 11.5. The maximum Gasteiger partial charge on any atom is 0.129 e. The zero-order chi connectivity index (χ0) is 10.4. The Morgan fingerprint density at radius 1 is 1.50 bits per heavy atom. The maximum absolute atomic E-state index is 5.16. The van der Waals surface area contributed by atoms with Gasteiger partial charge in [-0.15, -0.1) is 11.3 Å². The van der Waals surface area contributed by atoms with Crippen LogP contribution in [0.15, 0.2) is 11.4 Å². The molecule has 0 aliphatic carbocycles. The fourth-order valence-corrected chi connectivity index (χ4v) is 2.20. The molecule has 0 spiro atoms. The molecule has 0 amide bonds. The van der Waals surface area contributed by atoms with Crippen molar-refractivity contribution in [1.82, 2.24) is 5.32 Å². The van der Waals surface area contributed by atoms with E-state index in [0.717, 1.165) is 12.3 Å². The van der Waals surface area contributed by atoms with Gasteiger partial charge in [-0.25, -0.2) is 0 Å². The largest absolute Gasteiger partial charge is 0.496 e. The highest BCUT2D eigenvalue weighted by Crippen LogP contribution is 2.26. The van der Waals surface area contributed by atoms with Crippen LogP contribution < -0.4 is 10.1 Å². The van der Waals surface area contributed by atoms with Crippen molar-refractivity contribution in [3.63, 3.8) is 0 Å². The van der Waals surface area contributed by atoms with Gasteiger partial charge in [-0.2, -0.15) is 0 Å². The molecule has 0 aliphatic heterocycles. The second-order valence-corrected chi connectivity index (χ2v) is 3.90. The van der Waals surface area contributed by atoms with Crippen molar-refractivity contribution in [3.05, 3.63) is 16.3 Å². The number of ether oxygens (including phenoxy) is 2. The first-order valence-electron chi connectivity index (χ1n) is 4.66. The van der Waals surface area contributed by atoms with E-state index in [0.29, 0.717) is 6.61 Å². The number of hydrogen-bond acceptors (Lipinski definition) is 4. The Morgan fingerprint density at radius 2 is 2.29 bits per heavy atom. The molecule has 4 heteroatoms. The zero-order valence-corrected chi connectivity index (χ0v) is 9.69. The van der Waals surface area contributed by atoms with E-state index in [9.17, 15) is 0 Å². The van der Waals surface area contributed by atoms with Crippen molar-refractivity contribution in [2.75, 3.05) is 27.4 Å². The fraction of sp³-hybridized carbons (Fsp3) is 0.600. The van der Waals surface area contributed by atoms with E-state index in [1.165, 1.54) is 4.88 Å². The second kappa shape index (κ2) is 6.01. The van der Waals surface area contributed by atoms with Gasteiger partial charge in [0.25, 0.3) is 0 Å². The summed E-state index contributed by atoms with van der Waals surface area (Å²) < 4.78 is 10.3. The van der Waals surface area contributed by atoms with E-state index in [4.69, 9.17) is 9.47 Å². The van der Waals surface area contributed by atoms with E-state index in [-0.39, 0.29) is 6.04 Å². The number of hydrogen-bond donors (Lipinski definition) is 1. The lowest BCUT2D eigenvalue weighted by atomic mass is 10.2. The van der Waals surface area contributed by atoms with Crippen LogP contribution in [0.3, 0.4) is 0 Å². The lowest BCUT2D eigenvalue weighted by molar-refractivity contribution is 0.169. The van der Waals surface area contributed by atoms with Crippen LogP contribution in [0.2, 0.25) is 0 Å². The summed E-state index contributed by atoms with van der Waals surface area (Å²) >= 11 is 1.69. The minimum atomic E-state index is 0.277. The van der Waals surface area contributed by atoms with Crippen LogP contribution in [-0.2, 0) is 4.74 Å². The molecule has 0 radical (unpaired) electrons. The number of methoxy groups -OCH3 is 2. The SMILES string of the molecule is CCNC(COC)c1cc(OC)cs1. The Balaban J connectivity index is 2.65. The molecular weight excluding hydrogens is 198 g/mol. The second-order valence-electron chi connectivity index (χ2n) is 2.95. The van der Waals surface area contributed by atoms with Gasteiger partial charge in [-0.1, -0.05) is 6.92 Å². The molecule has 0 saturated heterocycles. The fourth-order valence-electron chi connectivity index (χ4n) is 1.28. The topological polar surface area (TPSA) is 30.5 Å². The summed E-state index contributed by atoms with van der Waals surface area (Å²) in [7, 11) is 3.40. The molecule has 0 bridgehead atoms. The van der Waals surface area contributed by atoms with Crippen molar-refractivity contribution >= 4 is 11.3 Å². The molecule has 80 valence electrons. The van der Waals surface area contributed by atoms with Crippen molar-refractivity contribution in [2.45, 2.75) is 13.0 Å². The predicted octanol–water partition coefficient (Wildman–Crippen LogP) is 2.05.